The van der Waals surface area contributed by atoms with Gasteiger partial charge in [0, 0.05) is 76.9 Å². The van der Waals surface area contributed by atoms with Gasteiger partial charge in [0.25, 0.3) is 0 Å². The van der Waals surface area contributed by atoms with Gasteiger partial charge in [-0.25, -0.2) is 24.9 Å². The summed E-state index contributed by atoms with van der Waals surface area (Å²) in [4.78, 5) is 44.8. The van der Waals surface area contributed by atoms with E-state index in [-0.39, 0.29) is 0 Å². The van der Waals surface area contributed by atoms with Gasteiger partial charge in [0.1, 0.15) is 0 Å². The van der Waals surface area contributed by atoms with Gasteiger partial charge in [-0.15, -0.1) is 0 Å². The number of hydrogen-bond donors (Lipinski definition) is 0. The fourth-order valence-corrected chi connectivity index (χ4v) is 17.3. The summed E-state index contributed by atoms with van der Waals surface area (Å²) in [5.41, 5.74) is 26.1. The van der Waals surface area contributed by atoms with Crippen molar-refractivity contribution in [1.29, 1.82) is 0 Å². The molecule has 18 aromatic carbocycles. The Morgan fingerprint density at radius 3 is 0.620 bits per heavy atom. The van der Waals surface area contributed by atoms with Gasteiger partial charge < -0.3 is 4.57 Å². The summed E-state index contributed by atoms with van der Waals surface area (Å²) in [7, 11) is 0. The SMILES string of the molecule is c1ccc(-c2ccc(-c3ccc(-c4nc(-c5ccc(-c6ccc(-c7ccccc7)cc6)cc5)nc(-n5c6ccccc6c6ccccc65)n4)cc3)cc2)cc1.c1ccc(-c2nc(-c3ccccc3)nc(-c3ccc(-n4c5ccccc5c5ccccc54)cc3)n2)cc1.c1ccc(-c2nc(-c3ccccc3)nc(-n3c4ccccc4c4c(-c5ccccc5)cccc43)n2)cc1. The number of aromatic nitrogens is 12. The molecule has 0 bridgehead atoms. The summed E-state index contributed by atoms with van der Waals surface area (Å²) in [6.45, 7) is 0. The lowest BCUT2D eigenvalue weighted by Gasteiger charge is -2.12. The molecule has 6 aromatic heterocycles. The monoisotopic (exact) mass is 1650 g/mol. The van der Waals surface area contributed by atoms with E-state index in [9.17, 15) is 0 Å². The lowest BCUT2D eigenvalue weighted by atomic mass is 9.99. The Kier molecular flexibility index (Phi) is 20.8. The van der Waals surface area contributed by atoms with E-state index >= 15 is 0 Å². The van der Waals surface area contributed by atoms with E-state index in [1.165, 1.54) is 66.0 Å². The topological polar surface area (TPSA) is 131 Å². The van der Waals surface area contributed by atoms with Crippen molar-refractivity contribution in [3.8, 4) is 153 Å². The molecule has 129 heavy (non-hydrogen) atoms. The van der Waals surface area contributed by atoms with Crippen LogP contribution >= 0.6 is 0 Å². The molecule has 0 spiro atoms. The molecule has 0 aliphatic rings. The van der Waals surface area contributed by atoms with Gasteiger partial charge in [-0.3, -0.25) is 9.13 Å². The van der Waals surface area contributed by atoms with Gasteiger partial charge in [-0.2, -0.15) is 19.9 Å². The highest BCUT2D eigenvalue weighted by atomic mass is 15.2. The molecular formula is C117H78N12. The van der Waals surface area contributed by atoms with Gasteiger partial charge in [0.15, 0.2) is 40.8 Å². The minimum absolute atomic E-state index is 0.582. The zero-order valence-corrected chi connectivity index (χ0v) is 69.9. The Bertz CT molecular complexity index is 7770. The maximum Gasteiger partial charge on any atom is 0.238 e. The van der Waals surface area contributed by atoms with Crippen molar-refractivity contribution in [2.45, 2.75) is 0 Å². The van der Waals surface area contributed by atoms with Crippen LogP contribution in [0.1, 0.15) is 0 Å². The van der Waals surface area contributed by atoms with E-state index in [0.29, 0.717) is 52.7 Å². The summed E-state index contributed by atoms with van der Waals surface area (Å²) in [6.07, 6.45) is 0. The second kappa shape index (κ2) is 34.6. The fourth-order valence-electron chi connectivity index (χ4n) is 17.3. The first-order chi connectivity index (χ1) is 64.0. The Hall–Kier alpha value is -17.6. The number of hydrogen-bond acceptors (Lipinski definition) is 9. The zero-order valence-electron chi connectivity index (χ0n) is 69.9. The van der Waals surface area contributed by atoms with Gasteiger partial charge in [-0.05, 0) is 116 Å². The average Bonchev–Trinajstić information content (AvgIpc) is 1.59. The van der Waals surface area contributed by atoms with Crippen molar-refractivity contribution in [2.75, 3.05) is 0 Å². The first-order valence-electron chi connectivity index (χ1n) is 43.1. The van der Waals surface area contributed by atoms with Crippen LogP contribution in [0.15, 0.2) is 473 Å². The number of rotatable bonds is 15. The van der Waals surface area contributed by atoms with Crippen LogP contribution in [0.25, 0.3) is 218 Å². The number of benzene rings is 18. The van der Waals surface area contributed by atoms with E-state index in [1.54, 1.807) is 0 Å². The molecule has 0 saturated carbocycles. The molecule has 606 valence electrons. The fraction of sp³-hybridized carbons (Fsp3) is 0. The summed E-state index contributed by atoms with van der Waals surface area (Å²) in [5, 5.41) is 7.17. The van der Waals surface area contributed by atoms with Crippen molar-refractivity contribution in [2.24, 2.45) is 0 Å². The van der Waals surface area contributed by atoms with Crippen molar-refractivity contribution in [1.82, 2.24) is 58.6 Å². The van der Waals surface area contributed by atoms with Crippen LogP contribution in [0.5, 0.6) is 0 Å². The number of para-hydroxylation sites is 5. The van der Waals surface area contributed by atoms with Crippen LogP contribution < -0.4 is 0 Å². The minimum atomic E-state index is 0.582. The predicted octanol–water partition coefficient (Wildman–Crippen LogP) is 28.9. The molecule has 0 N–H and O–H groups in total. The predicted molar refractivity (Wildman–Crippen MR) is 528 cm³/mol. The maximum absolute atomic E-state index is 5.16. The Labute approximate surface area is 745 Å². The van der Waals surface area contributed by atoms with Crippen LogP contribution in [0.3, 0.4) is 0 Å². The summed E-state index contributed by atoms with van der Waals surface area (Å²) >= 11 is 0. The molecule has 12 heteroatoms. The molecule has 24 rings (SSSR count). The standard InChI is InChI=1S/C51H34N4.2C33H22N4/c1-3-11-35(12-4-1)37-19-23-39(24-20-37)41-27-31-43(32-28-41)49-52-50(54-51(53-49)55-47-17-9-7-15-45(47)46-16-8-10-18-48(46)55)44-33-29-42(30-34-44)40-25-21-38(22-26-40)36-13-5-2-6-14-36;1-4-13-23(14-5-1)26-20-12-22-29-30(26)27-19-10-11-21-28(27)37(29)33-35-31(24-15-6-2-7-16-24)34-32(36-33)25-17-8-3-9-18-25;1-3-11-23(12-4-1)31-34-32(24-13-5-2-6-14-24)36-33(35-31)25-19-21-26(22-20-25)37-29-17-9-7-15-27(29)28-16-8-10-18-30(28)37/h1-34H;2*1-22H. The van der Waals surface area contributed by atoms with Crippen molar-refractivity contribution < 1.29 is 0 Å². The lowest BCUT2D eigenvalue weighted by Crippen LogP contribution is -2.06. The summed E-state index contributed by atoms with van der Waals surface area (Å²) < 4.78 is 6.63. The molecular weight excluding hydrogens is 1570 g/mol. The van der Waals surface area contributed by atoms with Gasteiger partial charge >= 0.3 is 0 Å². The smallest absolute Gasteiger partial charge is 0.238 e. The highest BCUT2D eigenvalue weighted by molar-refractivity contribution is 6.16. The van der Waals surface area contributed by atoms with Crippen LogP contribution in [0.2, 0.25) is 0 Å². The number of fused-ring (bicyclic) bond motifs is 9. The van der Waals surface area contributed by atoms with E-state index < -0.39 is 0 Å². The third-order valence-electron chi connectivity index (χ3n) is 23.7. The molecule has 6 heterocycles. The molecule has 0 radical (unpaired) electrons. The first-order valence-corrected chi connectivity index (χ1v) is 43.1. The second-order valence-electron chi connectivity index (χ2n) is 31.6. The normalized spacial score (nSPS) is 11.3. The van der Waals surface area contributed by atoms with Crippen molar-refractivity contribution in [3.05, 3.63) is 473 Å². The Morgan fingerprint density at radius 2 is 0.318 bits per heavy atom. The van der Waals surface area contributed by atoms with E-state index in [1.807, 2.05) is 140 Å². The minimum Gasteiger partial charge on any atom is -0.309 e. The Morgan fingerprint density at radius 1 is 0.124 bits per heavy atom. The largest absolute Gasteiger partial charge is 0.309 e. The van der Waals surface area contributed by atoms with Gasteiger partial charge in [0.05, 0.1) is 33.1 Å². The second-order valence-corrected chi connectivity index (χ2v) is 31.6. The molecule has 12 nitrogen and oxygen atoms in total. The first kappa shape index (κ1) is 77.4. The number of nitrogens with zero attached hydrogens (tertiary/aromatic N) is 12. The van der Waals surface area contributed by atoms with Gasteiger partial charge in [0.2, 0.25) is 11.9 Å². The molecule has 0 unspecified atom stereocenters. The van der Waals surface area contributed by atoms with Crippen LogP contribution in [0, 0.1) is 0 Å². The summed E-state index contributed by atoms with van der Waals surface area (Å²) in [6, 6.07) is 164. The Balaban J connectivity index is 0.000000117. The zero-order chi connectivity index (χ0) is 85.8. The molecule has 0 fully saturated rings. The molecule has 0 amide bonds. The van der Waals surface area contributed by atoms with Gasteiger partial charge in [-0.1, -0.05) is 413 Å². The third-order valence-corrected chi connectivity index (χ3v) is 23.7. The quantitative estimate of drug-likeness (QED) is 0.0984. The average molecular weight is 1650 g/mol. The summed E-state index contributed by atoms with van der Waals surface area (Å²) in [5.74, 6) is 5.70. The molecule has 0 aliphatic heterocycles. The van der Waals surface area contributed by atoms with Crippen molar-refractivity contribution >= 4 is 65.4 Å². The lowest BCUT2D eigenvalue weighted by molar-refractivity contribution is 0.953. The highest BCUT2D eigenvalue weighted by Gasteiger charge is 2.23. The molecule has 0 aliphatic carbocycles. The van der Waals surface area contributed by atoms with Crippen LogP contribution in [-0.2, 0) is 0 Å². The maximum atomic E-state index is 5.16. The van der Waals surface area contributed by atoms with E-state index in [0.717, 1.165) is 99.7 Å². The van der Waals surface area contributed by atoms with E-state index in [4.69, 9.17) is 44.9 Å². The third kappa shape index (κ3) is 15.5. The highest BCUT2D eigenvalue weighted by Crippen LogP contribution is 2.41. The van der Waals surface area contributed by atoms with Crippen molar-refractivity contribution in [3.63, 3.8) is 0 Å². The molecule has 0 saturated heterocycles. The molecule has 0 atom stereocenters. The molecule has 24 aromatic rings. The van der Waals surface area contributed by atoms with Crippen LogP contribution in [-0.4, -0.2) is 58.6 Å². The van der Waals surface area contributed by atoms with E-state index in [2.05, 4.69) is 347 Å². The van der Waals surface area contributed by atoms with Crippen LogP contribution in [0.4, 0.5) is 0 Å².